The maximum Gasteiger partial charge on any atom is 0.254 e. The van der Waals surface area contributed by atoms with Gasteiger partial charge in [-0.05, 0) is 56.4 Å². The standard InChI is InChI=1S/C24H28F2N2O3/c1-16-5-3-6-17(2)23(16)31-14-4-7-22(29)28-12-10-19(11-13-28)27-24(30)20-9-8-18(25)15-21(20)26/h3,5-6,8-9,15,19H,4,7,10-14H2,1-2H3,(H,27,30). The van der Waals surface area contributed by atoms with Gasteiger partial charge in [-0.1, -0.05) is 18.2 Å². The highest BCUT2D eigenvalue weighted by atomic mass is 19.1. The molecule has 31 heavy (non-hydrogen) atoms. The Bertz CT molecular complexity index is 920. The van der Waals surface area contributed by atoms with Gasteiger partial charge in [0, 0.05) is 31.6 Å². The van der Waals surface area contributed by atoms with Crippen molar-refractivity contribution in [1.82, 2.24) is 10.2 Å². The molecule has 2 aromatic rings. The topological polar surface area (TPSA) is 58.6 Å². The molecule has 0 radical (unpaired) electrons. The smallest absolute Gasteiger partial charge is 0.254 e. The molecule has 1 N–H and O–H groups in total. The summed E-state index contributed by atoms with van der Waals surface area (Å²) in [6, 6.07) is 8.74. The zero-order valence-electron chi connectivity index (χ0n) is 17.9. The predicted molar refractivity (Wildman–Crippen MR) is 114 cm³/mol. The molecule has 5 nitrogen and oxygen atoms in total. The van der Waals surface area contributed by atoms with Crippen LogP contribution in [0.1, 0.15) is 47.2 Å². The van der Waals surface area contributed by atoms with E-state index in [1.165, 1.54) is 0 Å². The number of benzene rings is 2. The molecule has 1 heterocycles. The first-order valence-corrected chi connectivity index (χ1v) is 10.6. The van der Waals surface area contributed by atoms with Crippen LogP contribution in [0.3, 0.4) is 0 Å². The summed E-state index contributed by atoms with van der Waals surface area (Å²) in [4.78, 5) is 26.5. The van der Waals surface area contributed by atoms with Crippen LogP contribution in [-0.2, 0) is 4.79 Å². The Labute approximate surface area is 181 Å². The van der Waals surface area contributed by atoms with E-state index >= 15 is 0 Å². The van der Waals surface area contributed by atoms with Crippen LogP contribution >= 0.6 is 0 Å². The quantitative estimate of drug-likeness (QED) is 0.671. The summed E-state index contributed by atoms with van der Waals surface area (Å²) in [7, 11) is 0. The van der Waals surface area contributed by atoms with Crippen LogP contribution in [0.2, 0.25) is 0 Å². The van der Waals surface area contributed by atoms with Crippen LogP contribution in [-0.4, -0.2) is 42.5 Å². The number of para-hydroxylation sites is 1. The fourth-order valence-corrected chi connectivity index (χ4v) is 3.79. The average molecular weight is 430 g/mol. The molecule has 0 spiro atoms. The lowest BCUT2D eigenvalue weighted by atomic mass is 10.0. The lowest BCUT2D eigenvalue weighted by molar-refractivity contribution is -0.132. The van der Waals surface area contributed by atoms with Gasteiger partial charge in [0.05, 0.1) is 12.2 Å². The minimum Gasteiger partial charge on any atom is -0.493 e. The number of ether oxygens (including phenoxy) is 1. The Balaban J connectivity index is 1.39. The van der Waals surface area contributed by atoms with E-state index in [0.29, 0.717) is 51.4 Å². The van der Waals surface area contributed by atoms with Gasteiger partial charge >= 0.3 is 0 Å². The van der Waals surface area contributed by atoms with E-state index in [-0.39, 0.29) is 17.5 Å². The Hall–Kier alpha value is -2.96. The summed E-state index contributed by atoms with van der Waals surface area (Å²) in [5.74, 6) is -1.22. The van der Waals surface area contributed by atoms with E-state index < -0.39 is 17.5 Å². The second-order valence-corrected chi connectivity index (χ2v) is 7.93. The summed E-state index contributed by atoms with van der Waals surface area (Å²) < 4.78 is 32.6. The molecule has 0 unspecified atom stereocenters. The largest absolute Gasteiger partial charge is 0.493 e. The molecule has 0 aromatic heterocycles. The average Bonchev–Trinajstić information content (AvgIpc) is 2.73. The van der Waals surface area contributed by atoms with Crippen LogP contribution in [0.5, 0.6) is 5.75 Å². The lowest BCUT2D eigenvalue weighted by Gasteiger charge is -2.32. The first kappa shape index (κ1) is 22.7. The van der Waals surface area contributed by atoms with Gasteiger partial charge in [0.2, 0.25) is 5.91 Å². The normalized spacial score (nSPS) is 14.4. The summed E-state index contributed by atoms with van der Waals surface area (Å²) in [5.41, 5.74) is 1.98. The Morgan fingerprint density at radius 2 is 1.77 bits per heavy atom. The molecule has 2 aromatic carbocycles. The van der Waals surface area contributed by atoms with Gasteiger partial charge in [-0.2, -0.15) is 0 Å². The van der Waals surface area contributed by atoms with Crippen molar-refractivity contribution < 1.29 is 23.1 Å². The molecule has 1 saturated heterocycles. The maximum absolute atomic E-state index is 13.8. The second kappa shape index (κ2) is 10.4. The van der Waals surface area contributed by atoms with Crippen LogP contribution in [0.4, 0.5) is 8.78 Å². The SMILES string of the molecule is Cc1cccc(C)c1OCCCC(=O)N1CCC(NC(=O)c2ccc(F)cc2F)CC1. The van der Waals surface area contributed by atoms with Gasteiger partial charge in [-0.15, -0.1) is 0 Å². The molecule has 1 aliphatic rings. The molecule has 0 aliphatic carbocycles. The highest BCUT2D eigenvalue weighted by molar-refractivity contribution is 5.94. The highest BCUT2D eigenvalue weighted by Crippen LogP contribution is 2.22. The lowest BCUT2D eigenvalue weighted by Crippen LogP contribution is -2.46. The number of nitrogens with zero attached hydrogens (tertiary/aromatic N) is 1. The first-order valence-electron chi connectivity index (χ1n) is 10.6. The minimum atomic E-state index is -0.881. The van der Waals surface area contributed by atoms with Crippen LogP contribution in [0.25, 0.3) is 0 Å². The third-order valence-corrected chi connectivity index (χ3v) is 5.55. The molecule has 0 bridgehead atoms. The number of carbonyl (C=O) groups is 2. The summed E-state index contributed by atoms with van der Waals surface area (Å²) in [6.45, 7) is 5.55. The van der Waals surface area contributed by atoms with Crippen LogP contribution in [0.15, 0.2) is 36.4 Å². The van der Waals surface area contributed by atoms with Crippen molar-refractivity contribution in [3.05, 3.63) is 64.7 Å². The number of carbonyl (C=O) groups excluding carboxylic acids is 2. The first-order chi connectivity index (χ1) is 14.8. The Kier molecular flexibility index (Phi) is 7.60. The van der Waals surface area contributed by atoms with Crippen molar-refractivity contribution in [2.45, 2.75) is 45.6 Å². The monoisotopic (exact) mass is 430 g/mol. The number of nitrogens with one attached hydrogen (secondary N) is 1. The van der Waals surface area contributed by atoms with Gasteiger partial charge in [0.25, 0.3) is 5.91 Å². The fourth-order valence-electron chi connectivity index (χ4n) is 3.79. The number of aryl methyl sites for hydroxylation is 2. The number of hydrogen-bond acceptors (Lipinski definition) is 3. The summed E-state index contributed by atoms with van der Waals surface area (Å²) in [6.07, 6.45) is 2.23. The number of piperidine rings is 1. The molecular weight excluding hydrogens is 402 g/mol. The maximum atomic E-state index is 13.8. The number of rotatable bonds is 7. The summed E-state index contributed by atoms with van der Waals surface area (Å²) >= 11 is 0. The molecule has 0 atom stereocenters. The van der Waals surface area contributed by atoms with Gasteiger partial charge in [0.15, 0.2) is 0 Å². The zero-order valence-corrected chi connectivity index (χ0v) is 17.9. The molecule has 2 amide bonds. The van der Waals surface area contributed by atoms with E-state index in [1.807, 2.05) is 32.0 Å². The van der Waals surface area contributed by atoms with E-state index in [1.54, 1.807) is 4.90 Å². The molecule has 3 rings (SSSR count). The second-order valence-electron chi connectivity index (χ2n) is 7.93. The molecule has 1 fully saturated rings. The van der Waals surface area contributed by atoms with Gasteiger partial charge in [-0.25, -0.2) is 8.78 Å². The van der Waals surface area contributed by atoms with Gasteiger partial charge in [-0.3, -0.25) is 9.59 Å². The Morgan fingerprint density at radius 1 is 1.10 bits per heavy atom. The molecular formula is C24H28F2N2O3. The van der Waals surface area contributed by atoms with Crippen molar-refractivity contribution in [3.8, 4) is 5.75 Å². The molecule has 1 aliphatic heterocycles. The van der Waals surface area contributed by atoms with E-state index in [0.717, 1.165) is 29.0 Å². The zero-order chi connectivity index (χ0) is 22.4. The number of likely N-dealkylation sites (tertiary alicyclic amines) is 1. The van der Waals surface area contributed by atoms with Crippen LogP contribution < -0.4 is 10.1 Å². The van der Waals surface area contributed by atoms with Crippen molar-refractivity contribution in [2.75, 3.05) is 19.7 Å². The third kappa shape index (κ3) is 6.03. The molecule has 7 heteroatoms. The molecule has 166 valence electrons. The number of hydrogen-bond donors (Lipinski definition) is 1. The molecule has 0 saturated carbocycles. The van der Waals surface area contributed by atoms with E-state index in [9.17, 15) is 18.4 Å². The number of amides is 2. The van der Waals surface area contributed by atoms with Crippen molar-refractivity contribution >= 4 is 11.8 Å². The van der Waals surface area contributed by atoms with Crippen molar-refractivity contribution in [1.29, 1.82) is 0 Å². The van der Waals surface area contributed by atoms with Gasteiger partial charge < -0.3 is 15.0 Å². The number of halogens is 2. The van der Waals surface area contributed by atoms with Crippen molar-refractivity contribution in [2.24, 2.45) is 0 Å². The van der Waals surface area contributed by atoms with E-state index in [4.69, 9.17) is 4.74 Å². The van der Waals surface area contributed by atoms with E-state index in [2.05, 4.69) is 5.32 Å². The highest BCUT2D eigenvalue weighted by Gasteiger charge is 2.24. The van der Waals surface area contributed by atoms with Gasteiger partial charge in [0.1, 0.15) is 17.4 Å². The fraction of sp³-hybridized carbons (Fsp3) is 0.417. The predicted octanol–water partition coefficient (Wildman–Crippen LogP) is 4.16. The summed E-state index contributed by atoms with van der Waals surface area (Å²) in [5, 5.41) is 2.78. The van der Waals surface area contributed by atoms with Crippen LogP contribution in [0, 0.1) is 25.5 Å². The Morgan fingerprint density at radius 3 is 2.42 bits per heavy atom. The van der Waals surface area contributed by atoms with Crippen molar-refractivity contribution in [3.63, 3.8) is 0 Å². The third-order valence-electron chi connectivity index (χ3n) is 5.55. The minimum absolute atomic E-state index is 0.0689.